The highest BCUT2D eigenvalue weighted by molar-refractivity contribution is 5.46. The SMILES string of the molecule is [2H]C([2H])=NN(C)c1ccccc1. The molecule has 1 rings (SSSR count). The Morgan fingerprint density at radius 3 is 2.80 bits per heavy atom. The first-order valence-corrected chi connectivity index (χ1v) is 3.01. The second-order valence-electron chi connectivity index (χ2n) is 1.96. The molecule has 0 aromatic heterocycles. The fourth-order valence-electron chi connectivity index (χ4n) is 0.701. The third-order valence-electron chi connectivity index (χ3n) is 1.28. The fraction of sp³-hybridized carbons (Fsp3) is 0.125. The predicted molar refractivity (Wildman–Crippen MR) is 44.4 cm³/mol. The van der Waals surface area contributed by atoms with Gasteiger partial charge in [-0.25, -0.2) is 0 Å². The third kappa shape index (κ3) is 1.35. The van der Waals surface area contributed by atoms with E-state index in [0.29, 0.717) is 0 Å². The minimum absolute atomic E-state index is 0.443. The quantitative estimate of drug-likeness (QED) is 0.446. The van der Waals surface area contributed by atoms with Gasteiger partial charge in [0.2, 0.25) is 0 Å². The summed E-state index contributed by atoms with van der Waals surface area (Å²) in [5.74, 6) is 0. The molecular formula is C8H10N2. The van der Waals surface area contributed by atoms with E-state index in [1.54, 1.807) is 7.05 Å². The van der Waals surface area contributed by atoms with Gasteiger partial charge in [-0.2, -0.15) is 5.10 Å². The van der Waals surface area contributed by atoms with Gasteiger partial charge in [-0.05, 0) is 12.1 Å². The van der Waals surface area contributed by atoms with Gasteiger partial charge in [0, 0.05) is 13.7 Å². The highest BCUT2D eigenvalue weighted by Gasteiger charge is 1.91. The maximum atomic E-state index is 6.83. The van der Waals surface area contributed by atoms with Crippen LogP contribution in [0, 0.1) is 0 Å². The van der Waals surface area contributed by atoms with E-state index in [2.05, 4.69) is 5.10 Å². The molecule has 0 atom stereocenters. The van der Waals surface area contributed by atoms with Crippen LogP contribution >= 0.6 is 0 Å². The average molecular weight is 136 g/mol. The van der Waals surface area contributed by atoms with Crippen LogP contribution in [0.25, 0.3) is 0 Å². The second-order valence-corrected chi connectivity index (χ2v) is 1.96. The van der Waals surface area contributed by atoms with Crippen molar-refractivity contribution in [1.82, 2.24) is 0 Å². The Kier molecular flexibility index (Phi) is 1.35. The largest absolute Gasteiger partial charge is 0.269 e. The lowest BCUT2D eigenvalue weighted by Crippen LogP contribution is -2.06. The summed E-state index contributed by atoms with van der Waals surface area (Å²) in [5, 5.41) is 5.13. The number of rotatable bonds is 2. The Hall–Kier alpha value is -1.31. The van der Waals surface area contributed by atoms with Crippen molar-refractivity contribution in [2.24, 2.45) is 5.10 Å². The predicted octanol–water partition coefficient (Wildman–Crippen LogP) is 1.74. The number of nitrogens with zero attached hydrogens (tertiary/aromatic N) is 2. The summed E-state index contributed by atoms with van der Waals surface area (Å²) < 4.78 is 13.7. The highest BCUT2D eigenvalue weighted by Crippen LogP contribution is 2.09. The molecular weight excluding hydrogens is 124 g/mol. The number of anilines is 1. The molecule has 0 amide bonds. The van der Waals surface area contributed by atoms with Gasteiger partial charge in [0.1, 0.15) is 0 Å². The van der Waals surface area contributed by atoms with E-state index in [1.807, 2.05) is 30.3 Å². The lowest BCUT2D eigenvalue weighted by Gasteiger charge is -2.10. The smallest absolute Gasteiger partial charge is 0.0772 e. The monoisotopic (exact) mass is 136 g/mol. The summed E-state index contributed by atoms with van der Waals surface area (Å²) in [7, 11) is 1.71. The normalized spacial score (nSPS) is 11.3. The van der Waals surface area contributed by atoms with Gasteiger partial charge in [0.05, 0.1) is 8.43 Å². The number of hydrogen-bond acceptors (Lipinski definition) is 2. The second kappa shape index (κ2) is 3.01. The summed E-state index contributed by atoms with van der Waals surface area (Å²) in [6, 6.07) is 9.41. The van der Waals surface area contributed by atoms with Gasteiger partial charge >= 0.3 is 0 Å². The van der Waals surface area contributed by atoms with E-state index in [0.717, 1.165) is 5.69 Å². The van der Waals surface area contributed by atoms with E-state index in [4.69, 9.17) is 2.74 Å². The summed E-state index contributed by atoms with van der Waals surface area (Å²) >= 11 is 0. The van der Waals surface area contributed by atoms with Crippen LogP contribution in [0.5, 0.6) is 0 Å². The van der Waals surface area contributed by atoms with Crippen LogP contribution in [0.15, 0.2) is 35.4 Å². The van der Waals surface area contributed by atoms with Crippen LogP contribution in [0.1, 0.15) is 2.74 Å². The fourth-order valence-corrected chi connectivity index (χ4v) is 0.701. The molecule has 0 spiro atoms. The Morgan fingerprint density at radius 2 is 2.20 bits per heavy atom. The van der Waals surface area contributed by atoms with E-state index >= 15 is 0 Å². The van der Waals surface area contributed by atoms with Crippen LogP contribution < -0.4 is 5.01 Å². The number of hydrazone groups is 1. The van der Waals surface area contributed by atoms with Crippen molar-refractivity contribution in [3.05, 3.63) is 30.3 Å². The zero-order chi connectivity index (χ0) is 8.97. The van der Waals surface area contributed by atoms with Crippen LogP contribution in [0.4, 0.5) is 5.69 Å². The first-order chi connectivity index (χ1) is 5.70. The van der Waals surface area contributed by atoms with E-state index in [9.17, 15) is 0 Å². The topological polar surface area (TPSA) is 15.6 Å². The van der Waals surface area contributed by atoms with Crippen molar-refractivity contribution < 1.29 is 2.74 Å². The summed E-state index contributed by atoms with van der Waals surface area (Å²) in [4.78, 5) is 0. The Bertz CT molecular complexity index is 268. The Morgan fingerprint density at radius 1 is 1.50 bits per heavy atom. The molecule has 0 aliphatic carbocycles. The first kappa shape index (κ1) is 4.50. The number of benzene rings is 1. The number of hydrogen-bond donors (Lipinski definition) is 0. The standard InChI is InChI=1S/C8H10N2/c1-9-10(2)8-6-4-3-5-7-8/h3-7H,1H2,2H3/i1D2. The highest BCUT2D eigenvalue weighted by atomic mass is 15.4. The van der Waals surface area contributed by atoms with Gasteiger partial charge in [0.15, 0.2) is 0 Å². The van der Waals surface area contributed by atoms with Crippen LogP contribution in [-0.4, -0.2) is 13.7 Å². The van der Waals surface area contributed by atoms with Crippen LogP contribution in [0.2, 0.25) is 0 Å². The molecule has 1 aromatic rings. The number of para-hydroxylation sites is 1. The van der Waals surface area contributed by atoms with Gasteiger partial charge in [-0.1, -0.05) is 18.2 Å². The molecule has 2 heteroatoms. The zero-order valence-electron chi connectivity index (χ0n) is 7.78. The van der Waals surface area contributed by atoms with Crippen molar-refractivity contribution in [2.45, 2.75) is 0 Å². The molecule has 0 saturated heterocycles. The lowest BCUT2D eigenvalue weighted by atomic mass is 10.3. The van der Waals surface area contributed by atoms with Gasteiger partial charge < -0.3 is 0 Å². The maximum absolute atomic E-state index is 6.83. The summed E-state index contributed by atoms with van der Waals surface area (Å²) in [6.07, 6.45) is 0. The summed E-state index contributed by atoms with van der Waals surface area (Å²) in [5.41, 5.74) is 0.870. The molecule has 0 saturated carbocycles. The molecule has 10 heavy (non-hydrogen) atoms. The first-order valence-electron chi connectivity index (χ1n) is 4.01. The molecule has 52 valence electrons. The molecule has 0 N–H and O–H groups in total. The van der Waals surface area contributed by atoms with Gasteiger partial charge in [-0.15, -0.1) is 0 Å². The van der Waals surface area contributed by atoms with Crippen molar-refractivity contribution >= 4 is 12.4 Å². The molecule has 1 aromatic carbocycles. The molecule has 0 aliphatic rings. The van der Waals surface area contributed by atoms with Gasteiger partial charge in [-0.3, -0.25) is 5.01 Å². The molecule has 0 fully saturated rings. The van der Waals surface area contributed by atoms with Crippen LogP contribution in [-0.2, 0) is 0 Å². The van der Waals surface area contributed by atoms with Crippen molar-refractivity contribution in [3.8, 4) is 0 Å². The zero-order valence-corrected chi connectivity index (χ0v) is 5.78. The van der Waals surface area contributed by atoms with Crippen LogP contribution in [0.3, 0.4) is 0 Å². The molecule has 0 aliphatic heterocycles. The summed E-state index contributed by atoms with van der Waals surface area (Å²) in [6.45, 7) is -0.443. The van der Waals surface area contributed by atoms with Crippen molar-refractivity contribution in [2.75, 3.05) is 12.1 Å². The molecule has 2 nitrogen and oxygen atoms in total. The van der Waals surface area contributed by atoms with Crippen molar-refractivity contribution in [3.63, 3.8) is 0 Å². The minimum atomic E-state index is -0.443. The molecule has 0 unspecified atom stereocenters. The minimum Gasteiger partial charge on any atom is -0.269 e. The molecule has 0 heterocycles. The average Bonchev–Trinajstić information content (AvgIpc) is 2.05. The van der Waals surface area contributed by atoms with E-state index in [1.165, 1.54) is 5.01 Å². The molecule has 0 bridgehead atoms. The molecule has 0 radical (unpaired) electrons. The van der Waals surface area contributed by atoms with E-state index < -0.39 is 6.67 Å². The Labute approximate surface area is 63.6 Å². The maximum Gasteiger partial charge on any atom is 0.0772 e. The Balaban J connectivity index is 2.79. The van der Waals surface area contributed by atoms with Crippen molar-refractivity contribution in [1.29, 1.82) is 0 Å². The third-order valence-corrected chi connectivity index (χ3v) is 1.28. The van der Waals surface area contributed by atoms with E-state index in [-0.39, 0.29) is 0 Å². The lowest BCUT2D eigenvalue weighted by molar-refractivity contribution is 1.03. The van der Waals surface area contributed by atoms with Gasteiger partial charge in [0.25, 0.3) is 0 Å².